The topological polar surface area (TPSA) is 72.5 Å². The van der Waals surface area contributed by atoms with Crippen LogP contribution in [0.4, 0.5) is 0 Å². The molecule has 4 heteroatoms. The van der Waals surface area contributed by atoms with Gasteiger partial charge in [0.05, 0.1) is 7.11 Å². The van der Waals surface area contributed by atoms with Gasteiger partial charge < -0.3 is 15.6 Å². The number of aliphatic hydroxyl groups is 1. The predicted octanol–water partition coefficient (Wildman–Crippen LogP) is -0.266. The summed E-state index contributed by atoms with van der Waals surface area (Å²) in [6, 6.07) is -1.03. The molecule has 1 aliphatic rings. The monoisotopic (exact) mass is 183 g/mol. The quantitative estimate of drug-likeness (QED) is 0.578. The van der Waals surface area contributed by atoms with Crippen LogP contribution in [-0.4, -0.2) is 29.8 Å². The zero-order valence-electron chi connectivity index (χ0n) is 7.43. The third-order valence-electron chi connectivity index (χ3n) is 2.07. The first-order valence-electron chi connectivity index (χ1n) is 4.00. The fraction of sp³-hybridized carbons (Fsp3) is 0.444. The molecular weight excluding hydrogens is 170 g/mol. The Hall–Kier alpha value is -1.13. The maximum atomic E-state index is 11.1. The normalized spacial score (nSPS) is 28.5. The van der Waals surface area contributed by atoms with Gasteiger partial charge in [-0.3, -0.25) is 4.79 Å². The third-order valence-corrected chi connectivity index (χ3v) is 2.07. The van der Waals surface area contributed by atoms with Crippen molar-refractivity contribution in [3.8, 4) is 0 Å². The molecule has 0 radical (unpaired) electrons. The van der Waals surface area contributed by atoms with Crippen LogP contribution in [0.1, 0.15) is 6.42 Å². The average molecular weight is 183 g/mol. The molecule has 0 fully saturated rings. The number of hydrogen-bond acceptors (Lipinski definition) is 4. The van der Waals surface area contributed by atoms with Crippen molar-refractivity contribution in [2.24, 2.45) is 5.73 Å². The van der Waals surface area contributed by atoms with Crippen LogP contribution in [0, 0.1) is 0 Å². The van der Waals surface area contributed by atoms with Gasteiger partial charge in [0, 0.05) is 6.42 Å². The maximum Gasteiger partial charge on any atom is 0.326 e. The number of nitrogens with two attached hydrogens (primary N) is 1. The molecule has 0 aromatic heterocycles. The summed E-state index contributed by atoms with van der Waals surface area (Å²) in [4.78, 5) is 11.1. The maximum absolute atomic E-state index is 11.1. The Morgan fingerprint density at radius 2 is 2.38 bits per heavy atom. The molecular formula is C9H13NO3. The summed E-state index contributed by atoms with van der Waals surface area (Å²) in [6.45, 7) is 0. The Bertz CT molecular complexity index is 260. The van der Waals surface area contributed by atoms with Crippen LogP contribution < -0.4 is 5.73 Å². The molecule has 1 aliphatic carbocycles. The van der Waals surface area contributed by atoms with Crippen molar-refractivity contribution in [3.63, 3.8) is 0 Å². The lowest BCUT2D eigenvalue weighted by atomic mass is 9.88. The van der Waals surface area contributed by atoms with E-state index in [1.807, 2.05) is 0 Å². The highest BCUT2D eigenvalue weighted by Crippen LogP contribution is 2.21. The van der Waals surface area contributed by atoms with Crippen molar-refractivity contribution in [2.75, 3.05) is 7.11 Å². The zero-order valence-corrected chi connectivity index (χ0v) is 7.43. The number of ether oxygens (including phenoxy) is 1. The molecule has 0 amide bonds. The lowest BCUT2D eigenvalue weighted by Gasteiger charge is -2.29. The van der Waals surface area contributed by atoms with E-state index in [4.69, 9.17) is 5.73 Å². The SMILES string of the molecule is COC(=O)C(N)C1(O)C=CC=CC1. The van der Waals surface area contributed by atoms with Crippen molar-refractivity contribution < 1.29 is 14.6 Å². The van der Waals surface area contributed by atoms with Crippen LogP contribution in [-0.2, 0) is 9.53 Å². The summed E-state index contributed by atoms with van der Waals surface area (Å²) in [5.74, 6) is -0.609. The second-order valence-corrected chi connectivity index (χ2v) is 2.98. The van der Waals surface area contributed by atoms with Gasteiger partial charge in [-0.25, -0.2) is 0 Å². The highest BCUT2D eigenvalue weighted by atomic mass is 16.5. The first kappa shape index (κ1) is 9.95. The summed E-state index contributed by atoms with van der Waals surface area (Å²) in [5, 5.41) is 9.88. The summed E-state index contributed by atoms with van der Waals surface area (Å²) in [6.07, 6.45) is 7.04. The van der Waals surface area contributed by atoms with Crippen molar-refractivity contribution in [1.29, 1.82) is 0 Å². The zero-order chi connectivity index (χ0) is 9.90. The van der Waals surface area contributed by atoms with E-state index in [0.717, 1.165) is 0 Å². The summed E-state index contributed by atoms with van der Waals surface area (Å²) >= 11 is 0. The Labute approximate surface area is 76.7 Å². The first-order chi connectivity index (χ1) is 6.10. The van der Waals surface area contributed by atoms with Gasteiger partial charge in [-0.15, -0.1) is 0 Å². The van der Waals surface area contributed by atoms with Crippen LogP contribution in [0.3, 0.4) is 0 Å². The molecule has 0 heterocycles. The van der Waals surface area contributed by atoms with Gasteiger partial charge in [-0.05, 0) is 0 Å². The van der Waals surface area contributed by atoms with Crippen LogP contribution >= 0.6 is 0 Å². The van der Waals surface area contributed by atoms with Crippen molar-refractivity contribution >= 4 is 5.97 Å². The van der Waals surface area contributed by atoms with E-state index >= 15 is 0 Å². The second-order valence-electron chi connectivity index (χ2n) is 2.98. The number of esters is 1. The van der Waals surface area contributed by atoms with Gasteiger partial charge in [0.1, 0.15) is 11.6 Å². The summed E-state index contributed by atoms with van der Waals surface area (Å²) < 4.78 is 4.45. The van der Waals surface area contributed by atoms with Gasteiger partial charge >= 0.3 is 5.97 Å². The highest BCUT2D eigenvalue weighted by Gasteiger charge is 2.37. The summed E-state index contributed by atoms with van der Waals surface area (Å²) in [5.41, 5.74) is 4.22. The Morgan fingerprint density at radius 1 is 1.69 bits per heavy atom. The number of hydrogen-bond donors (Lipinski definition) is 2. The van der Waals surface area contributed by atoms with Crippen LogP contribution in [0.2, 0.25) is 0 Å². The van der Waals surface area contributed by atoms with Gasteiger partial charge in [0.2, 0.25) is 0 Å². The van der Waals surface area contributed by atoms with Crippen LogP contribution in [0.25, 0.3) is 0 Å². The molecule has 3 N–H and O–H groups in total. The lowest BCUT2D eigenvalue weighted by Crippen LogP contribution is -2.52. The van der Waals surface area contributed by atoms with E-state index in [-0.39, 0.29) is 0 Å². The lowest BCUT2D eigenvalue weighted by molar-refractivity contribution is -0.147. The van der Waals surface area contributed by atoms with Crippen LogP contribution in [0.5, 0.6) is 0 Å². The van der Waals surface area contributed by atoms with Gasteiger partial charge in [-0.1, -0.05) is 24.3 Å². The minimum absolute atomic E-state index is 0.333. The van der Waals surface area contributed by atoms with Gasteiger partial charge in [-0.2, -0.15) is 0 Å². The fourth-order valence-corrected chi connectivity index (χ4v) is 1.19. The number of methoxy groups -OCH3 is 1. The molecule has 4 nitrogen and oxygen atoms in total. The molecule has 1 rings (SSSR count). The molecule has 2 atom stereocenters. The molecule has 2 unspecified atom stereocenters. The van der Waals surface area contributed by atoms with Crippen molar-refractivity contribution in [3.05, 3.63) is 24.3 Å². The van der Waals surface area contributed by atoms with E-state index in [1.165, 1.54) is 13.2 Å². The molecule has 0 aromatic rings. The number of allylic oxidation sites excluding steroid dienone is 2. The summed E-state index contributed by atoms with van der Waals surface area (Å²) in [7, 11) is 1.24. The van der Waals surface area contributed by atoms with Crippen molar-refractivity contribution in [2.45, 2.75) is 18.1 Å². The fourth-order valence-electron chi connectivity index (χ4n) is 1.19. The first-order valence-corrected chi connectivity index (χ1v) is 4.00. The molecule has 72 valence electrons. The Kier molecular flexibility index (Phi) is 2.85. The molecule has 0 spiro atoms. The highest BCUT2D eigenvalue weighted by molar-refractivity contribution is 5.77. The second kappa shape index (κ2) is 3.72. The Morgan fingerprint density at radius 3 is 2.85 bits per heavy atom. The minimum atomic E-state index is -1.30. The van der Waals surface area contributed by atoms with Gasteiger partial charge in [0.25, 0.3) is 0 Å². The van der Waals surface area contributed by atoms with E-state index in [0.29, 0.717) is 6.42 Å². The van der Waals surface area contributed by atoms with Crippen molar-refractivity contribution in [1.82, 2.24) is 0 Å². The largest absolute Gasteiger partial charge is 0.468 e. The van der Waals surface area contributed by atoms with E-state index < -0.39 is 17.6 Å². The average Bonchev–Trinajstić information content (AvgIpc) is 2.16. The standard InChI is InChI=1S/C9H13NO3/c1-13-8(11)7(10)9(12)5-3-2-4-6-9/h2-5,7,12H,6,10H2,1H3. The molecule has 0 saturated heterocycles. The number of rotatable bonds is 2. The van der Waals surface area contributed by atoms with Crippen LogP contribution in [0.15, 0.2) is 24.3 Å². The van der Waals surface area contributed by atoms with E-state index in [2.05, 4.69) is 4.74 Å². The molecule has 0 saturated carbocycles. The third kappa shape index (κ3) is 1.96. The molecule has 13 heavy (non-hydrogen) atoms. The molecule has 0 bridgehead atoms. The molecule has 0 aromatic carbocycles. The van der Waals surface area contributed by atoms with E-state index in [1.54, 1.807) is 18.2 Å². The Balaban J connectivity index is 2.75. The number of carbonyl (C=O) groups excluding carboxylic acids is 1. The minimum Gasteiger partial charge on any atom is -0.468 e. The van der Waals surface area contributed by atoms with Gasteiger partial charge in [0.15, 0.2) is 0 Å². The predicted molar refractivity (Wildman–Crippen MR) is 47.8 cm³/mol. The molecule has 0 aliphatic heterocycles. The smallest absolute Gasteiger partial charge is 0.326 e. The number of carbonyl (C=O) groups is 1. The van der Waals surface area contributed by atoms with E-state index in [9.17, 15) is 9.90 Å².